The molecule has 1 aliphatic rings. The summed E-state index contributed by atoms with van der Waals surface area (Å²) in [6.07, 6.45) is 1.10. The molecule has 0 N–H and O–H groups in total. The topological polar surface area (TPSA) is 38.5 Å². The minimum Gasteiger partial charge on any atom is -0.440 e. The summed E-state index contributed by atoms with van der Waals surface area (Å²) >= 11 is 1.65. The molecule has 0 bridgehead atoms. The van der Waals surface area contributed by atoms with E-state index in [0.717, 1.165) is 48.4 Å². The standard InChI is InChI=1S/C14H18N2O2S/c1-10-12(8-16(2)11-5-6-17-9-11)15-14(18-10)13-4-3-7-19-13/h3-4,7,11H,5-6,8-9H2,1-2H3. The number of aryl methyl sites for hydroxylation is 1. The number of nitrogens with zero attached hydrogens (tertiary/aromatic N) is 2. The molecule has 3 heterocycles. The van der Waals surface area contributed by atoms with Crippen LogP contribution in [0.1, 0.15) is 17.9 Å². The van der Waals surface area contributed by atoms with E-state index in [1.807, 2.05) is 24.4 Å². The second-order valence-corrected chi connectivity index (χ2v) is 5.88. The van der Waals surface area contributed by atoms with Crippen LogP contribution in [0.4, 0.5) is 0 Å². The summed E-state index contributed by atoms with van der Waals surface area (Å²) in [5.74, 6) is 1.65. The van der Waals surface area contributed by atoms with Crippen molar-refractivity contribution in [3.63, 3.8) is 0 Å². The molecule has 0 aliphatic carbocycles. The van der Waals surface area contributed by atoms with Crippen LogP contribution in [-0.4, -0.2) is 36.2 Å². The van der Waals surface area contributed by atoms with Gasteiger partial charge in [-0.3, -0.25) is 4.90 Å². The summed E-state index contributed by atoms with van der Waals surface area (Å²) in [6.45, 7) is 4.49. The molecule has 0 amide bonds. The minimum absolute atomic E-state index is 0.501. The van der Waals surface area contributed by atoms with Crippen LogP contribution in [0, 0.1) is 6.92 Å². The van der Waals surface area contributed by atoms with Gasteiger partial charge in [-0.1, -0.05) is 6.07 Å². The third-order valence-electron chi connectivity index (χ3n) is 3.55. The zero-order valence-electron chi connectivity index (χ0n) is 11.3. The van der Waals surface area contributed by atoms with E-state index in [0.29, 0.717) is 6.04 Å². The number of aromatic nitrogens is 1. The number of rotatable bonds is 4. The lowest BCUT2D eigenvalue weighted by Crippen LogP contribution is -2.31. The van der Waals surface area contributed by atoms with E-state index in [4.69, 9.17) is 9.15 Å². The monoisotopic (exact) mass is 278 g/mol. The summed E-state index contributed by atoms with van der Waals surface area (Å²) in [5, 5.41) is 2.04. The van der Waals surface area contributed by atoms with Crippen LogP contribution in [-0.2, 0) is 11.3 Å². The summed E-state index contributed by atoms with van der Waals surface area (Å²) in [5.41, 5.74) is 1.03. The van der Waals surface area contributed by atoms with Gasteiger partial charge >= 0.3 is 0 Å². The molecule has 1 fully saturated rings. The Balaban J connectivity index is 1.74. The molecule has 102 valence electrons. The first-order valence-electron chi connectivity index (χ1n) is 6.52. The van der Waals surface area contributed by atoms with Gasteiger partial charge in [0.25, 0.3) is 0 Å². The largest absolute Gasteiger partial charge is 0.440 e. The van der Waals surface area contributed by atoms with Crippen molar-refractivity contribution < 1.29 is 9.15 Å². The second kappa shape index (κ2) is 5.45. The predicted molar refractivity (Wildman–Crippen MR) is 75.2 cm³/mol. The molecule has 3 rings (SSSR count). The third kappa shape index (κ3) is 2.73. The Hall–Kier alpha value is -1.17. The molecular formula is C14H18N2O2S. The summed E-state index contributed by atoms with van der Waals surface area (Å²) in [6, 6.07) is 4.55. The second-order valence-electron chi connectivity index (χ2n) is 4.93. The van der Waals surface area contributed by atoms with Crippen LogP contribution in [0.2, 0.25) is 0 Å². The first-order chi connectivity index (χ1) is 9.24. The minimum atomic E-state index is 0.501. The molecule has 1 unspecified atom stereocenters. The van der Waals surface area contributed by atoms with Crippen molar-refractivity contribution in [3.05, 3.63) is 29.0 Å². The molecule has 0 aromatic carbocycles. The van der Waals surface area contributed by atoms with Crippen molar-refractivity contribution in [3.8, 4) is 10.8 Å². The van der Waals surface area contributed by atoms with Crippen molar-refractivity contribution >= 4 is 11.3 Å². The summed E-state index contributed by atoms with van der Waals surface area (Å²) < 4.78 is 11.2. The Morgan fingerprint density at radius 1 is 1.53 bits per heavy atom. The Morgan fingerprint density at radius 2 is 2.42 bits per heavy atom. The molecule has 2 aromatic heterocycles. The van der Waals surface area contributed by atoms with Gasteiger partial charge in [-0.05, 0) is 31.8 Å². The number of hydrogen-bond donors (Lipinski definition) is 0. The van der Waals surface area contributed by atoms with Crippen LogP contribution in [0.15, 0.2) is 21.9 Å². The average Bonchev–Trinajstić information content (AvgIpc) is 3.09. The van der Waals surface area contributed by atoms with Crippen LogP contribution < -0.4 is 0 Å². The lowest BCUT2D eigenvalue weighted by atomic mass is 10.2. The Kier molecular flexibility index (Phi) is 3.68. The highest BCUT2D eigenvalue weighted by atomic mass is 32.1. The van der Waals surface area contributed by atoms with Crippen LogP contribution in [0.3, 0.4) is 0 Å². The molecule has 2 aromatic rings. The van der Waals surface area contributed by atoms with Gasteiger partial charge in [0.2, 0.25) is 5.89 Å². The van der Waals surface area contributed by atoms with Crippen molar-refractivity contribution in [1.82, 2.24) is 9.88 Å². The maximum Gasteiger partial charge on any atom is 0.236 e. The van der Waals surface area contributed by atoms with E-state index >= 15 is 0 Å². The van der Waals surface area contributed by atoms with E-state index in [9.17, 15) is 0 Å². The normalized spacial score (nSPS) is 19.4. The number of likely N-dealkylation sites (N-methyl/N-ethyl adjacent to an activating group) is 1. The average molecular weight is 278 g/mol. The van der Waals surface area contributed by atoms with Gasteiger partial charge in [-0.25, -0.2) is 4.98 Å². The molecule has 1 atom stereocenters. The summed E-state index contributed by atoms with van der Waals surface area (Å²) in [4.78, 5) is 8.01. The van der Waals surface area contributed by atoms with Gasteiger partial charge < -0.3 is 9.15 Å². The van der Waals surface area contributed by atoms with E-state index < -0.39 is 0 Å². The summed E-state index contributed by atoms with van der Waals surface area (Å²) in [7, 11) is 2.12. The molecule has 4 nitrogen and oxygen atoms in total. The Labute approximate surface area is 117 Å². The van der Waals surface area contributed by atoms with E-state index in [2.05, 4.69) is 16.9 Å². The SMILES string of the molecule is Cc1oc(-c2cccs2)nc1CN(C)C1CCOC1. The first kappa shape index (κ1) is 12.8. The third-order valence-corrected chi connectivity index (χ3v) is 4.41. The van der Waals surface area contributed by atoms with Gasteiger partial charge in [-0.2, -0.15) is 0 Å². The maximum atomic E-state index is 5.76. The van der Waals surface area contributed by atoms with Crippen LogP contribution in [0.5, 0.6) is 0 Å². The highest BCUT2D eigenvalue weighted by molar-refractivity contribution is 7.13. The quantitative estimate of drug-likeness (QED) is 0.862. The van der Waals surface area contributed by atoms with Gasteiger partial charge in [-0.15, -0.1) is 11.3 Å². The van der Waals surface area contributed by atoms with Crippen LogP contribution in [0.25, 0.3) is 10.8 Å². The fourth-order valence-electron chi connectivity index (χ4n) is 2.32. The van der Waals surface area contributed by atoms with E-state index in [-0.39, 0.29) is 0 Å². The van der Waals surface area contributed by atoms with Crippen molar-refractivity contribution in [2.75, 3.05) is 20.3 Å². The Morgan fingerprint density at radius 3 is 3.11 bits per heavy atom. The highest BCUT2D eigenvalue weighted by Gasteiger charge is 2.22. The van der Waals surface area contributed by atoms with Gasteiger partial charge in [0, 0.05) is 19.2 Å². The number of hydrogen-bond acceptors (Lipinski definition) is 5. The molecule has 0 saturated carbocycles. The first-order valence-corrected chi connectivity index (χ1v) is 7.40. The number of ether oxygens (including phenoxy) is 1. The molecule has 0 spiro atoms. The molecule has 1 saturated heterocycles. The Bertz CT molecular complexity index is 530. The van der Waals surface area contributed by atoms with Crippen molar-refractivity contribution in [2.45, 2.75) is 25.9 Å². The van der Waals surface area contributed by atoms with E-state index in [1.54, 1.807) is 11.3 Å². The van der Waals surface area contributed by atoms with Gasteiger partial charge in [0.15, 0.2) is 0 Å². The molecule has 5 heteroatoms. The molecular weight excluding hydrogens is 260 g/mol. The molecule has 1 aliphatic heterocycles. The van der Waals surface area contributed by atoms with Gasteiger partial charge in [0.1, 0.15) is 5.76 Å². The highest BCUT2D eigenvalue weighted by Crippen LogP contribution is 2.26. The zero-order chi connectivity index (χ0) is 13.2. The number of thiophene rings is 1. The smallest absolute Gasteiger partial charge is 0.236 e. The fourth-order valence-corrected chi connectivity index (χ4v) is 2.96. The van der Waals surface area contributed by atoms with Crippen LogP contribution >= 0.6 is 11.3 Å². The van der Waals surface area contributed by atoms with E-state index in [1.165, 1.54) is 0 Å². The van der Waals surface area contributed by atoms with Crippen molar-refractivity contribution in [1.29, 1.82) is 0 Å². The lowest BCUT2D eigenvalue weighted by molar-refractivity contribution is 0.155. The van der Waals surface area contributed by atoms with Crippen molar-refractivity contribution in [2.24, 2.45) is 0 Å². The van der Waals surface area contributed by atoms with Gasteiger partial charge in [0.05, 0.1) is 17.2 Å². The lowest BCUT2D eigenvalue weighted by Gasteiger charge is -2.21. The molecule has 0 radical (unpaired) electrons. The number of oxazole rings is 1. The molecule has 19 heavy (non-hydrogen) atoms. The zero-order valence-corrected chi connectivity index (χ0v) is 12.1. The maximum absolute atomic E-state index is 5.76. The predicted octanol–water partition coefficient (Wildman–Crippen LogP) is 2.93. The fraction of sp³-hybridized carbons (Fsp3) is 0.500.